The van der Waals surface area contributed by atoms with Gasteiger partial charge in [-0.05, 0) is 13.0 Å². The van der Waals surface area contributed by atoms with Crippen molar-refractivity contribution in [2.45, 2.75) is 18.9 Å². The molecule has 1 saturated heterocycles. The zero-order valence-corrected chi connectivity index (χ0v) is 17.8. The Balaban J connectivity index is 1.56. The Labute approximate surface area is 177 Å². The molecule has 31 heavy (non-hydrogen) atoms. The summed E-state index contributed by atoms with van der Waals surface area (Å²) in [4.78, 5) is 9.17. The van der Waals surface area contributed by atoms with Gasteiger partial charge in [0.2, 0.25) is 10.0 Å². The number of fused-ring (bicyclic) bond motifs is 1. The van der Waals surface area contributed by atoms with Crippen LogP contribution in [0.3, 0.4) is 0 Å². The van der Waals surface area contributed by atoms with Crippen molar-refractivity contribution < 1.29 is 12.8 Å². The fourth-order valence-corrected chi connectivity index (χ4v) is 4.90. The van der Waals surface area contributed by atoms with Crippen LogP contribution in [0.25, 0.3) is 28.4 Å². The SMILES string of the molecule is Cc1cc(-c2cc3nccn3c(-c3cnn(C4(CCF)CN(S(C)(=O)=O)C4)c3)n2)[nH]n1. The van der Waals surface area contributed by atoms with Crippen molar-refractivity contribution in [1.29, 1.82) is 0 Å². The number of hydrogen-bond acceptors (Lipinski definition) is 6. The van der Waals surface area contributed by atoms with Gasteiger partial charge in [-0.3, -0.25) is 18.6 Å². The molecule has 1 fully saturated rings. The molecule has 0 spiro atoms. The Morgan fingerprint density at radius 3 is 2.77 bits per heavy atom. The molecule has 0 aromatic carbocycles. The molecule has 162 valence electrons. The summed E-state index contributed by atoms with van der Waals surface area (Å²) in [5.41, 5.74) is 3.04. The van der Waals surface area contributed by atoms with Crippen LogP contribution in [0, 0.1) is 6.92 Å². The van der Waals surface area contributed by atoms with Crippen LogP contribution in [0.1, 0.15) is 12.1 Å². The summed E-state index contributed by atoms with van der Waals surface area (Å²) in [6.07, 6.45) is 8.28. The predicted molar refractivity (Wildman–Crippen MR) is 112 cm³/mol. The average Bonchev–Trinajstić information content (AvgIpc) is 3.42. The van der Waals surface area contributed by atoms with Gasteiger partial charge in [-0.2, -0.15) is 14.5 Å². The first-order valence-corrected chi connectivity index (χ1v) is 11.6. The summed E-state index contributed by atoms with van der Waals surface area (Å²) in [7, 11) is -3.33. The standard InChI is InChI=1S/C19H21FN8O2S/c1-13-7-16(25-24-13)15-8-17-21-5-6-27(17)18(23-15)14-9-22-28(10-14)19(3-4-20)11-26(12-19)31(2,29)30/h5-10H,3-4,11-12H2,1-2H3,(H,24,25). The molecule has 10 nitrogen and oxygen atoms in total. The number of nitrogens with one attached hydrogen (secondary N) is 1. The van der Waals surface area contributed by atoms with E-state index in [-0.39, 0.29) is 19.5 Å². The van der Waals surface area contributed by atoms with Crippen molar-refractivity contribution in [3.63, 3.8) is 0 Å². The molecule has 0 bridgehead atoms. The Kier molecular flexibility index (Phi) is 4.45. The van der Waals surface area contributed by atoms with Crippen molar-refractivity contribution in [3.05, 3.63) is 42.6 Å². The Bertz CT molecular complexity index is 1370. The molecule has 0 aliphatic carbocycles. The van der Waals surface area contributed by atoms with Crippen molar-refractivity contribution in [1.82, 2.24) is 38.7 Å². The number of H-pyrrole nitrogens is 1. The molecule has 0 amide bonds. The second-order valence-corrected chi connectivity index (χ2v) is 9.89. The smallest absolute Gasteiger partial charge is 0.211 e. The summed E-state index contributed by atoms with van der Waals surface area (Å²) in [6, 6.07) is 3.76. The molecule has 0 saturated carbocycles. The van der Waals surface area contributed by atoms with E-state index in [4.69, 9.17) is 4.98 Å². The lowest BCUT2D eigenvalue weighted by molar-refractivity contribution is 0.0520. The molecule has 1 aliphatic heterocycles. The Hall–Kier alpha value is -3.12. The highest BCUT2D eigenvalue weighted by molar-refractivity contribution is 7.88. The number of alkyl halides is 1. The summed E-state index contributed by atoms with van der Waals surface area (Å²) < 4.78 is 41.8. The minimum absolute atomic E-state index is 0.182. The highest BCUT2D eigenvalue weighted by atomic mass is 32.2. The Morgan fingerprint density at radius 1 is 1.29 bits per heavy atom. The molecule has 0 radical (unpaired) electrons. The lowest BCUT2D eigenvalue weighted by Crippen LogP contribution is -2.64. The second-order valence-electron chi connectivity index (χ2n) is 7.91. The van der Waals surface area contributed by atoms with E-state index < -0.39 is 22.2 Å². The van der Waals surface area contributed by atoms with E-state index >= 15 is 0 Å². The minimum Gasteiger partial charge on any atom is -0.284 e. The van der Waals surface area contributed by atoms with E-state index in [1.807, 2.05) is 29.7 Å². The lowest BCUT2D eigenvalue weighted by atomic mass is 9.89. The molecular weight excluding hydrogens is 423 g/mol. The van der Waals surface area contributed by atoms with E-state index in [1.165, 1.54) is 4.31 Å². The summed E-state index contributed by atoms with van der Waals surface area (Å²) in [5.74, 6) is 0.623. The molecular formula is C19H21FN8O2S. The third-order valence-corrected chi connectivity index (χ3v) is 6.86. The number of rotatable bonds is 6. The van der Waals surface area contributed by atoms with E-state index in [0.717, 1.165) is 23.2 Å². The molecule has 5 rings (SSSR count). The maximum Gasteiger partial charge on any atom is 0.211 e. The number of halogens is 1. The molecule has 4 aromatic heterocycles. The van der Waals surface area contributed by atoms with Gasteiger partial charge < -0.3 is 0 Å². The lowest BCUT2D eigenvalue weighted by Gasteiger charge is -2.48. The first-order chi connectivity index (χ1) is 14.8. The number of sulfonamides is 1. The first-order valence-electron chi connectivity index (χ1n) is 9.72. The van der Waals surface area contributed by atoms with Crippen molar-refractivity contribution in [2.24, 2.45) is 0 Å². The van der Waals surface area contributed by atoms with Crippen LogP contribution in [-0.2, 0) is 15.6 Å². The molecule has 1 aliphatic rings. The fraction of sp³-hybridized carbons (Fsp3) is 0.368. The third kappa shape index (κ3) is 3.31. The Morgan fingerprint density at radius 2 is 2.10 bits per heavy atom. The van der Waals surface area contributed by atoms with E-state index in [1.54, 1.807) is 23.3 Å². The first kappa shape index (κ1) is 19.8. The van der Waals surface area contributed by atoms with Crippen LogP contribution < -0.4 is 0 Å². The summed E-state index contributed by atoms with van der Waals surface area (Å²) in [6.45, 7) is 1.71. The molecule has 1 N–H and O–H groups in total. The highest BCUT2D eigenvalue weighted by Crippen LogP contribution is 2.35. The van der Waals surface area contributed by atoms with Gasteiger partial charge in [0.25, 0.3) is 0 Å². The van der Waals surface area contributed by atoms with Gasteiger partial charge in [-0.1, -0.05) is 0 Å². The molecule has 0 unspecified atom stereocenters. The van der Waals surface area contributed by atoms with Gasteiger partial charge >= 0.3 is 0 Å². The fourth-order valence-electron chi connectivity index (χ4n) is 3.95. The van der Waals surface area contributed by atoms with Crippen LogP contribution >= 0.6 is 0 Å². The van der Waals surface area contributed by atoms with Gasteiger partial charge in [0, 0.05) is 44.2 Å². The average molecular weight is 444 g/mol. The van der Waals surface area contributed by atoms with E-state index in [2.05, 4.69) is 20.3 Å². The normalized spacial score (nSPS) is 16.6. The quantitative estimate of drug-likeness (QED) is 0.483. The topological polar surface area (TPSA) is 114 Å². The zero-order chi connectivity index (χ0) is 21.8. The predicted octanol–water partition coefficient (Wildman–Crippen LogP) is 1.62. The van der Waals surface area contributed by atoms with Gasteiger partial charge in [0.05, 0.1) is 47.3 Å². The molecule has 12 heteroatoms. The van der Waals surface area contributed by atoms with Crippen molar-refractivity contribution in [3.8, 4) is 22.8 Å². The van der Waals surface area contributed by atoms with Crippen molar-refractivity contribution >= 4 is 15.7 Å². The van der Waals surface area contributed by atoms with Crippen LogP contribution in [0.15, 0.2) is 36.9 Å². The van der Waals surface area contributed by atoms with Crippen molar-refractivity contribution in [2.75, 3.05) is 26.0 Å². The monoisotopic (exact) mass is 444 g/mol. The number of aryl methyl sites for hydroxylation is 1. The van der Waals surface area contributed by atoms with Gasteiger partial charge in [0.15, 0.2) is 0 Å². The largest absolute Gasteiger partial charge is 0.284 e. The molecule has 4 aromatic rings. The van der Waals surface area contributed by atoms with Crippen LogP contribution in [0.5, 0.6) is 0 Å². The molecule has 5 heterocycles. The van der Waals surface area contributed by atoms with Crippen LogP contribution in [-0.4, -0.2) is 73.1 Å². The summed E-state index contributed by atoms with van der Waals surface area (Å²) in [5, 5.41) is 11.6. The van der Waals surface area contributed by atoms with E-state index in [9.17, 15) is 12.8 Å². The van der Waals surface area contributed by atoms with Crippen LogP contribution in [0.4, 0.5) is 4.39 Å². The number of aromatic amines is 1. The second kappa shape index (κ2) is 6.95. The zero-order valence-electron chi connectivity index (χ0n) is 17.0. The number of aromatic nitrogens is 7. The van der Waals surface area contributed by atoms with Gasteiger partial charge in [-0.15, -0.1) is 0 Å². The molecule has 0 atom stereocenters. The maximum atomic E-state index is 13.3. The number of hydrogen-bond donors (Lipinski definition) is 1. The van der Waals surface area contributed by atoms with Crippen LogP contribution in [0.2, 0.25) is 0 Å². The number of nitrogens with zero attached hydrogens (tertiary/aromatic N) is 7. The van der Waals surface area contributed by atoms with Gasteiger partial charge in [-0.25, -0.2) is 18.4 Å². The van der Waals surface area contributed by atoms with E-state index in [0.29, 0.717) is 17.2 Å². The minimum atomic E-state index is -3.33. The third-order valence-electron chi connectivity index (χ3n) is 5.67. The van der Waals surface area contributed by atoms with Gasteiger partial charge in [0.1, 0.15) is 11.5 Å². The summed E-state index contributed by atoms with van der Waals surface area (Å²) >= 11 is 0. The number of imidazole rings is 1. The highest BCUT2D eigenvalue weighted by Gasteiger charge is 2.48. The maximum absolute atomic E-state index is 13.3.